The average Bonchev–Trinajstić information content (AvgIpc) is 3.46. The maximum Gasteiger partial charge on any atom is 0.335 e. The first-order valence-electron chi connectivity index (χ1n) is 14.1. The van der Waals surface area contributed by atoms with E-state index in [0.29, 0.717) is 35.8 Å². The molecule has 3 N–H and O–H groups in total. The number of rotatable bonds is 7. The van der Waals surface area contributed by atoms with Crippen LogP contribution in [-0.4, -0.2) is 60.2 Å². The predicted molar refractivity (Wildman–Crippen MR) is 133 cm³/mol. The molecule has 3 heterocycles. The molecule has 0 aromatic carbocycles. The fraction of sp³-hybridized carbons (Fsp3) is 0.778. The zero-order valence-corrected chi connectivity index (χ0v) is 21.2. The number of imidazole rings is 1. The van der Waals surface area contributed by atoms with Crippen LogP contribution in [0.4, 0.5) is 5.82 Å². The number of anilines is 1. The van der Waals surface area contributed by atoms with Crippen LogP contribution in [0.15, 0.2) is 12.7 Å². The Balaban J connectivity index is 1.09. The third-order valence-electron chi connectivity index (χ3n) is 9.79. The number of aliphatic hydroxyl groups is 1. The molecule has 1 unspecified atom stereocenters. The lowest BCUT2D eigenvalue weighted by Crippen LogP contribution is -2.49. The highest BCUT2D eigenvalue weighted by molar-refractivity contribution is 5.82. The van der Waals surface area contributed by atoms with Gasteiger partial charge in [0.15, 0.2) is 28.9 Å². The van der Waals surface area contributed by atoms with Gasteiger partial charge in [0, 0.05) is 25.8 Å². The molecule has 5 saturated carbocycles. The van der Waals surface area contributed by atoms with Crippen LogP contribution in [0, 0.1) is 23.2 Å². The number of hydrogen-bond donors (Lipinski definition) is 3. The number of ether oxygens (including phenoxy) is 2. The molecule has 6 fully saturated rings. The first-order valence-corrected chi connectivity index (χ1v) is 14.1. The molecule has 2 aromatic heterocycles. The fourth-order valence-corrected chi connectivity index (χ4v) is 8.61. The Kier molecular flexibility index (Phi) is 5.71. The van der Waals surface area contributed by atoms with Crippen molar-refractivity contribution >= 4 is 23.0 Å². The Hall–Kier alpha value is -2.30. The number of carboxylic acids is 1. The number of aliphatic carboxylic acids is 1. The quantitative estimate of drug-likeness (QED) is 0.474. The van der Waals surface area contributed by atoms with E-state index in [0.717, 1.165) is 49.4 Å². The van der Waals surface area contributed by atoms with Crippen molar-refractivity contribution in [2.45, 2.75) is 101 Å². The monoisotopic (exact) mass is 511 g/mol. The first kappa shape index (κ1) is 23.8. The van der Waals surface area contributed by atoms with Gasteiger partial charge in [-0.2, -0.15) is 0 Å². The lowest BCUT2D eigenvalue weighted by Gasteiger charge is -2.57. The summed E-state index contributed by atoms with van der Waals surface area (Å²) in [4.78, 5) is 25.6. The van der Waals surface area contributed by atoms with Crippen LogP contribution in [-0.2, 0) is 14.3 Å². The molecule has 37 heavy (non-hydrogen) atoms. The van der Waals surface area contributed by atoms with Gasteiger partial charge in [0.25, 0.3) is 0 Å². The van der Waals surface area contributed by atoms with Gasteiger partial charge in [-0.25, -0.2) is 19.7 Å². The van der Waals surface area contributed by atoms with E-state index in [1.807, 2.05) is 0 Å². The summed E-state index contributed by atoms with van der Waals surface area (Å²) >= 11 is 0. The summed E-state index contributed by atoms with van der Waals surface area (Å²) in [5.74, 6) is 1.01. The largest absolute Gasteiger partial charge is 0.479 e. The summed E-state index contributed by atoms with van der Waals surface area (Å²) in [7, 11) is 0. The molecule has 4 bridgehead atoms. The number of aromatic nitrogens is 4. The van der Waals surface area contributed by atoms with Gasteiger partial charge in [0.1, 0.15) is 18.7 Å². The molecule has 10 nitrogen and oxygen atoms in total. The van der Waals surface area contributed by atoms with E-state index < -0.39 is 30.2 Å². The lowest BCUT2D eigenvalue weighted by atomic mass is 9.49. The first-order chi connectivity index (χ1) is 17.9. The van der Waals surface area contributed by atoms with E-state index in [-0.39, 0.29) is 0 Å². The summed E-state index contributed by atoms with van der Waals surface area (Å²) in [5.41, 5.74) is 1.63. The second-order valence-corrected chi connectivity index (χ2v) is 12.6. The molecule has 2 aromatic rings. The van der Waals surface area contributed by atoms with Gasteiger partial charge in [-0.15, -0.1) is 0 Å². The third kappa shape index (κ3) is 4.30. The molecule has 0 amide bonds. The number of fused-ring (bicyclic) bond motifs is 1. The van der Waals surface area contributed by atoms with E-state index in [1.54, 1.807) is 10.9 Å². The van der Waals surface area contributed by atoms with Gasteiger partial charge < -0.3 is 25.0 Å². The van der Waals surface area contributed by atoms with Crippen LogP contribution < -0.4 is 5.32 Å². The van der Waals surface area contributed by atoms with E-state index in [2.05, 4.69) is 20.3 Å². The number of nitrogens with one attached hydrogen (secondary N) is 1. The highest BCUT2D eigenvalue weighted by atomic mass is 16.7. The zero-order chi connectivity index (χ0) is 25.2. The summed E-state index contributed by atoms with van der Waals surface area (Å²) in [6.45, 7) is 0.908. The normalized spacial score (nSPS) is 38.3. The van der Waals surface area contributed by atoms with Gasteiger partial charge in [0.2, 0.25) is 0 Å². The molecular weight excluding hydrogens is 474 g/mol. The Morgan fingerprint density at radius 3 is 2.43 bits per heavy atom. The van der Waals surface area contributed by atoms with Crippen molar-refractivity contribution in [2.24, 2.45) is 23.2 Å². The van der Waals surface area contributed by atoms with Crippen molar-refractivity contribution in [3.63, 3.8) is 0 Å². The number of nitrogens with zero attached hydrogens (tertiary/aromatic N) is 4. The third-order valence-corrected chi connectivity index (χ3v) is 9.79. The average molecular weight is 512 g/mol. The summed E-state index contributed by atoms with van der Waals surface area (Å²) in [5, 5.41) is 24.3. The van der Waals surface area contributed by atoms with E-state index >= 15 is 0 Å². The van der Waals surface area contributed by atoms with Crippen LogP contribution in [0.5, 0.6) is 0 Å². The van der Waals surface area contributed by atoms with Gasteiger partial charge in [0.05, 0.1) is 6.33 Å². The number of hydrogen-bond acceptors (Lipinski definition) is 8. The van der Waals surface area contributed by atoms with E-state index in [4.69, 9.17) is 9.47 Å². The Bertz CT molecular complexity index is 1140. The second-order valence-electron chi connectivity index (χ2n) is 12.6. The fourth-order valence-electron chi connectivity index (χ4n) is 8.61. The Morgan fingerprint density at radius 1 is 1.05 bits per heavy atom. The molecule has 200 valence electrons. The van der Waals surface area contributed by atoms with Crippen molar-refractivity contribution in [1.82, 2.24) is 19.5 Å². The van der Waals surface area contributed by atoms with E-state index in [9.17, 15) is 15.0 Å². The van der Waals surface area contributed by atoms with Crippen molar-refractivity contribution in [2.75, 3.05) is 11.9 Å². The van der Waals surface area contributed by atoms with E-state index in [1.165, 1.54) is 44.9 Å². The topological polar surface area (TPSA) is 132 Å². The highest BCUT2D eigenvalue weighted by Gasteiger charge is 2.51. The van der Waals surface area contributed by atoms with Crippen LogP contribution in [0.1, 0.15) is 83.3 Å². The molecule has 6 aliphatic rings. The van der Waals surface area contributed by atoms with Gasteiger partial charge in [-0.3, -0.25) is 4.57 Å². The summed E-state index contributed by atoms with van der Waals surface area (Å²) in [6.07, 6.45) is 13.0. The minimum atomic E-state index is -1.29. The van der Waals surface area contributed by atoms with Crippen LogP contribution in [0.25, 0.3) is 11.2 Å². The number of carboxylic acid groups (broad SMARTS) is 1. The molecule has 1 aliphatic heterocycles. The van der Waals surface area contributed by atoms with Gasteiger partial charge in [-0.1, -0.05) is 6.42 Å². The smallest absolute Gasteiger partial charge is 0.335 e. The Morgan fingerprint density at radius 2 is 1.76 bits per heavy atom. The zero-order valence-electron chi connectivity index (χ0n) is 21.2. The standard InChI is InChI=1S/C27H37N5O5/c33-25(34)22-19(37-27(35)4-2-1-3-5-27)9-20(36-22)32-15-31-21-23(29-14-30-24(21)32)28-13-26-10-16-6-17(11-26)8-18(7-16)12-26/h14-20,22,35H,1-13H2,(H,33,34)(H,28,29,30)/t16?,17?,18?,19?,20-,22+,26?/m1/s1. The van der Waals surface area contributed by atoms with Crippen molar-refractivity contribution in [3.05, 3.63) is 12.7 Å². The molecular formula is C27H37N5O5. The molecule has 10 heteroatoms. The van der Waals surface area contributed by atoms with Gasteiger partial charge in [-0.05, 0) is 74.5 Å². The van der Waals surface area contributed by atoms with Crippen molar-refractivity contribution < 1.29 is 24.5 Å². The molecule has 8 rings (SSSR count). The minimum Gasteiger partial charge on any atom is -0.479 e. The predicted octanol–water partition coefficient (Wildman–Crippen LogP) is 3.86. The molecule has 1 saturated heterocycles. The molecule has 3 atom stereocenters. The summed E-state index contributed by atoms with van der Waals surface area (Å²) in [6, 6.07) is 0. The molecule has 0 radical (unpaired) electrons. The maximum atomic E-state index is 12.0. The Labute approximate surface area is 216 Å². The van der Waals surface area contributed by atoms with Crippen LogP contribution in [0.2, 0.25) is 0 Å². The van der Waals surface area contributed by atoms with Crippen molar-refractivity contribution in [3.8, 4) is 0 Å². The number of carbonyl (C=O) groups is 1. The van der Waals surface area contributed by atoms with Crippen molar-refractivity contribution in [1.29, 1.82) is 0 Å². The van der Waals surface area contributed by atoms with Crippen LogP contribution in [0.3, 0.4) is 0 Å². The minimum absolute atomic E-state index is 0.296. The maximum absolute atomic E-state index is 12.0. The van der Waals surface area contributed by atoms with Gasteiger partial charge >= 0.3 is 5.97 Å². The second kappa shape index (κ2) is 8.88. The lowest BCUT2D eigenvalue weighted by molar-refractivity contribution is -0.251. The molecule has 0 spiro atoms. The summed E-state index contributed by atoms with van der Waals surface area (Å²) < 4.78 is 13.7. The van der Waals surface area contributed by atoms with Crippen LogP contribution >= 0.6 is 0 Å². The SMILES string of the molecule is O=C(O)[C@H]1O[C@@H](n2cnc3c(NCC45CC6CC(CC(C6)C4)C5)ncnc32)CC1OC1(O)CCCCC1. The highest BCUT2D eigenvalue weighted by Crippen LogP contribution is 2.60. The molecule has 5 aliphatic carbocycles.